The molecular weight excluding hydrogens is 174 g/mol. The number of nitro groups is 1. The molecule has 6 nitrogen and oxygen atoms in total. The van der Waals surface area contributed by atoms with Gasteiger partial charge in [0.15, 0.2) is 5.52 Å². The summed E-state index contributed by atoms with van der Waals surface area (Å²) in [6.45, 7) is 0. The third-order valence-electron chi connectivity index (χ3n) is 1.73. The van der Waals surface area contributed by atoms with Gasteiger partial charge in [-0.05, 0) is 6.07 Å². The summed E-state index contributed by atoms with van der Waals surface area (Å²) >= 11 is 0. The summed E-state index contributed by atoms with van der Waals surface area (Å²) in [5.74, 6) is 0. The Morgan fingerprint density at radius 2 is 2.31 bits per heavy atom. The van der Waals surface area contributed by atoms with Crippen molar-refractivity contribution in [2.75, 3.05) is 0 Å². The minimum atomic E-state index is -0.532. The number of rotatable bonds is 1. The molecular formula is C7H5N3O3. The predicted octanol–water partition coefficient (Wildman–Crippen LogP) is 1.18. The van der Waals surface area contributed by atoms with Gasteiger partial charge in [-0.25, -0.2) is 4.98 Å². The largest absolute Gasteiger partial charge is 0.427 e. The zero-order chi connectivity index (χ0) is 9.42. The van der Waals surface area contributed by atoms with E-state index >= 15 is 0 Å². The highest BCUT2D eigenvalue weighted by atomic mass is 16.6. The number of nitro benzene ring substituents is 1. The van der Waals surface area contributed by atoms with Crippen LogP contribution in [0.3, 0.4) is 0 Å². The summed E-state index contributed by atoms with van der Waals surface area (Å²) in [5, 5.41) is 19.6. The van der Waals surface area contributed by atoms with Crippen LogP contribution in [0.15, 0.2) is 24.5 Å². The molecule has 0 fully saturated rings. The number of aromatic nitrogens is 2. The molecule has 0 atom stereocenters. The van der Waals surface area contributed by atoms with Gasteiger partial charge in [0.25, 0.3) is 5.69 Å². The van der Waals surface area contributed by atoms with Gasteiger partial charge in [0.2, 0.25) is 0 Å². The smallest absolute Gasteiger partial charge is 0.297 e. The van der Waals surface area contributed by atoms with Crippen molar-refractivity contribution >= 4 is 16.7 Å². The van der Waals surface area contributed by atoms with Crippen LogP contribution in [0, 0.1) is 10.1 Å². The first kappa shape index (κ1) is 7.53. The third-order valence-corrected chi connectivity index (χ3v) is 1.73. The van der Waals surface area contributed by atoms with Gasteiger partial charge in [-0.15, -0.1) is 0 Å². The van der Waals surface area contributed by atoms with Crippen molar-refractivity contribution in [3.05, 3.63) is 34.6 Å². The highest BCUT2D eigenvalue weighted by Gasteiger charge is 2.14. The van der Waals surface area contributed by atoms with Crippen molar-refractivity contribution in [1.82, 2.24) is 9.71 Å². The average molecular weight is 179 g/mol. The molecule has 1 N–H and O–H groups in total. The summed E-state index contributed by atoms with van der Waals surface area (Å²) < 4.78 is 0.752. The molecule has 1 aromatic carbocycles. The van der Waals surface area contributed by atoms with Crippen LogP contribution >= 0.6 is 0 Å². The molecule has 1 aromatic heterocycles. The molecule has 13 heavy (non-hydrogen) atoms. The number of hydrogen-bond acceptors (Lipinski definition) is 4. The van der Waals surface area contributed by atoms with Crippen molar-refractivity contribution in [3.63, 3.8) is 0 Å². The number of nitrogens with zero attached hydrogens (tertiary/aromatic N) is 3. The maximum Gasteiger partial charge on any atom is 0.297 e. The molecule has 0 unspecified atom stereocenters. The van der Waals surface area contributed by atoms with E-state index < -0.39 is 4.92 Å². The van der Waals surface area contributed by atoms with Crippen molar-refractivity contribution in [3.8, 4) is 0 Å². The lowest BCUT2D eigenvalue weighted by molar-refractivity contribution is -0.383. The molecule has 0 saturated heterocycles. The molecule has 0 bridgehead atoms. The van der Waals surface area contributed by atoms with Crippen LogP contribution < -0.4 is 0 Å². The summed E-state index contributed by atoms with van der Waals surface area (Å²) in [4.78, 5) is 13.7. The van der Waals surface area contributed by atoms with E-state index in [4.69, 9.17) is 5.21 Å². The SMILES string of the molecule is O=[N+]([O-])c1cccc2c1ncn2O. The van der Waals surface area contributed by atoms with Crippen molar-refractivity contribution in [2.45, 2.75) is 0 Å². The highest BCUT2D eigenvalue weighted by molar-refractivity contribution is 5.84. The molecule has 0 spiro atoms. The molecule has 0 radical (unpaired) electrons. The molecule has 0 saturated carbocycles. The Morgan fingerprint density at radius 1 is 1.54 bits per heavy atom. The zero-order valence-corrected chi connectivity index (χ0v) is 6.41. The van der Waals surface area contributed by atoms with E-state index in [1.807, 2.05) is 0 Å². The van der Waals surface area contributed by atoms with Crippen LogP contribution in [0.4, 0.5) is 5.69 Å². The molecule has 2 aromatic rings. The van der Waals surface area contributed by atoms with E-state index in [1.165, 1.54) is 12.1 Å². The average Bonchev–Trinajstić information content (AvgIpc) is 2.48. The fraction of sp³-hybridized carbons (Fsp3) is 0. The van der Waals surface area contributed by atoms with Crippen LogP contribution in [0.1, 0.15) is 0 Å². The summed E-state index contributed by atoms with van der Waals surface area (Å²) in [6.07, 6.45) is 1.12. The monoisotopic (exact) mass is 179 g/mol. The van der Waals surface area contributed by atoms with E-state index in [0.717, 1.165) is 11.1 Å². The topological polar surface area (TPSA) is 81.2 Å². The van der Waals surface area contributed by atoms with E-state index in [9.17, 15) is 10.1 Å². The molecule has 1 heterocycles. The van der Waals surface area contributed by atoms with E-state index in [1.54, 1.807) is 6.07 Å². The number of imidazole rings is 1. The van der Waals surface area contributed by atoms with Crippen LogP contribution in [0.5, 0.6) is 0 Å². The van der Waals surface area contributed by atoms with Crippen LogP contribution in [-0.2, 0) is 0 Å². The van der Waals surface area contributed by atoms with Gasteiger partial charge < -0.3 is 5.21 Å². The molecule has 6 heteroatoms. The first-order valence-electron chi connectivity index (χ1n) is 3.50. The van der Waals surface area contributed by atoms with Gasteiger partial charge in [-0.2, -0.15) is 4.73 Å². The molecule has 0 aliphatic heterocycles. The predicted molar refractivity (Wildman–Crippen MR) is 43.6 cm³/mol. The van der Waals surface area contributed by atoms with Gasteiger partial charge >= 0.3 is 0 Å². The Labute approximate surface area is 72.2 Å². The van der Waals surface area contributed by atoms with Crippen molar-refractivity contribution in [1.29, 1.82) is 0 Å². The molecule has 0 aliphatic rings. The van der Waals surface area contributed by atoms with Gasteiger partial charge in [0, 0.05) is 6.07 Å². The third kappa shape index (κ3) is 0.994. The quantitative estimate of drug-likeness (QED) is 0.405. The minimum absolute atomic E-state index is 0.106. The fourth-order valence-corrected chi connectivity index (χ4v) is 1.16. The molecule has 66 valence electrons. The second kappa shape index (κ2) is 2.44. The standard InChI is InChI=1S/C7H5N3O3/c11-9-4-8-7-5(9)2-1-3-6(7)10(12)13/h1-4,11H. The Balaban J connectivity index is 2.84. The number of benzene rings is 1. The first-order valence-corrected chi connectivity index (χ1v) is 3.50. The van der Waals surface area contributed by atoms with E-state index in [0.29, 0.717) is 5.52 Å². The summed E-state index contributed by atoms with van der Waals surface area (Å²) in [5.41, 5.74) is 0.412. The Kier molecular flexibility index (Phi) is 1.42. The number of para-hydroxylation sites is 1. The lowest BCUT2D eigenvalue weighted by atomic mass is 10.3. The van der Waals surface area contributed by atoms with Gasteiger partial charge in [-0.3, -0.25) is 10.1 Å². The second-order valence-electron chi connectivity index (χ2n) is 2.49. The van der Waals surface area contributed by atoms with Crippen molar-refractivity contribution < 1.29 is 10.1 Å². The first-order chi connectivity index (χ1) is 6.20. The van der Waals surface area contributed by atoms with Gasteiger partial charge in [0.05, 0.1) is 4.92 Å². The lowest BCUT2D eigenvalue weighted by Gasteiger charge is -1.92. The lowest BCUT2D eigenvalue weighted by Crippen LogP contribution is -1.90. The summed E-state index contributed by atoms with van der Waals surface area (Å²) in [7, 11) is 0. The summed E-state index contributed by atoms with van der Waals surface area (Å²) in [6, 6.07) is 4.39. The maximum absolute atomic E-state index is 10.5. The van der Waals surface area contributed by atoms with E-state index in [2.05, 4.69) is 4.98 Å². The van der Waals surface area contributed by atoms with Crippen LogP contribution in [-0.4, -0.2) is 19.8 Å². The Morgan fingerprint density at radius 3 is 3.00 bits per heavy atom. The molecule has 0 amide bonds. The van der Waals surface area contributed by atoms with Gasteiger partial charge in [-0.1, -0.05) is 6.07 Å². The normalized spacial score (nSPS) is 10.5. The number of hydrogen-bond donors (Lipinski definition) is 1. The van der Waals surface area contributed by atoms with Crippen LogP contribution in [0.25, 0.3) is 11.0 Å². The second-order valence-corrected chi connectivity index (χ2v) is 2.49. The number of non-ortho nitro benzene ring substituents is 1. The van der Waals surface area contributed by atoms with Crippen LogP contribution in [0.2, 0.25) is 0 Å². The number of fused-ring (bicyclic) bond motifs is 1. The Hall–Kier alpha value is -2.11. The fourth-order valence-electron chi connectivity index (χ4n) is 1.16. The zero-order valence-electron chi connectivity index (χ0n) is 6.41. The van der Waals surface area contributed by atoms with E-state index in [-0.39, 0.29) is 11.2 Å². The maximum atomic E-state index is 10.5. The van der Waals surface area contributed by atoms with Crippen molar-refractivity contribution in [2.24, 2.45) is 0 Å². The Bertz CT molecular complexity index is 477. The minimum Gasteiger partial charge on any atom is -0.427 e. The highest BCUT2D eigenvalue weighted by Crippen LogP contribution is 2.22. The van der Waals surface area contributed by atoms with Gasteiger partial charge in [0.1, 0.15) is 11.8 Å². The molecule has 2 rings (SSSR count). The molecule has 0 aliphatic carbocycles.